The van der Waals surface area contributed by atoms with Crippen LogP contribution >= 0.6 is 23.1 Å². The van der Waals surface area contributed by atoms with E-state index in [9.17, 15) is 9.59 Å². The lowest BCUT2D eigenvalue weighted by Gasteiger charge is -2.28. The van der Waals surface area contributed by atoms with Gasteiger partial charge in [0.15, 0.2) is 4.34 Å². The van der Waals surface area contributed by atoms with Crippen molar-refractivity contribution in [2.24, 2.45) is 17.8 Å². The van der Waals surface area contributed by atoms with Gasteiger partial charge < -0.3 is 10.1 Å². The number of thiazole rings is 1. The van der Waals surface area contributed by atoms with E-state index in [4.69, 9.17) is 4.74 Å². The second kappa shape index (κ2) is 8.54. The van der Waals surface area contributed by atoms with Crippen molar-refractivity contribution in [3.63, 3.8) is 0 Å². The number of thioether (sulfide) groups is 1. The number of carbonyl (C=O) groups is 2. The predicted octanol–water partition coefficient (Wildman–Crippen LogP) is 3.28. The van der Waals surface area contributed by atoms with Crippen molar-refractivity contribution in [2.75, 3.05) is 12.4 Å². The highest BCUT2D eigenvalue weighted by atomic mass is 32.2. The molecule has 4 atom stereocenters. The summed E-state index contributed by atoms with van der Waals surface area (Å²) in [5.74, 6) is 2.56. The minimum atomic E-state index is -0.262. The molecule has 3 rings (SSSR count). The quantitative estimate of drug-likeness (QED) is 0.552. The van der Waals surface area contributed by atoms with E-state index in [0.717, 1.165) is 16.2 Å². The summed E-state index contributed by atoms with van der Waals surface area (Å²) < 4.78 is 5.74. The highest BCUT2D eigenvalue weighted by molar-refractivity contribution is 8.01. The van der Waals surface area contributed by atoms with Crippen LogP contribution in [0.1, 0.15) is 45.2 Å². The van der Waals surface area contributed by atoms with Gasteiger partial charge in [0.25, 0.3) is 0 Å². The smallest absolute Gasteiger partial charge is 0.311 e. The van der Waals surface area contributed by atoms with Crippen molar-refractivity contribution >= 4 is 35.0 Å². The fraction of sp³-hybridized carbons (Fsp3) is 0.722. The molecule has 1 amide bonds. The number of esters is 1. The fourth-order valence-electron chi connectivity index (χ4n) is 4.23. The van der Waals surface area contributed by atoms with Crippen molar-refractivity contribution < 1.29 is 14.3 Å². The summed E-state index contributed by atoms with van der Waals surface area (Å²) >= 11 is 2.90. The zero-order chi connectivity index (χ0) is 17.8. The lowest BCUT2D eigenvalue weighted by atomic mass is 9.84. The average molecular weight is 383 g/mol. The van der Waals surface area contributed by atoms with E-state index in [2.05, 4.69) is 17.2 Å². The van der Waals surface area contributed by atoms with E-state index in [1.807, 2.05) is 5.38 Å². The lowest BCUT2D eigenvalue weighted by Crippen LogP contribution is -2.40. The molecule has 25 heavy (non-hydrogen) atoms. The van der Waals surface area contributed by atoms with Gasteiger partial charge in [-0.25, -0.2) is 4.98 Å². The second-order valence-corrected chi connectivity index (χ2v) is 9.15. The highest BCUT2D eigenvalue weighted by Crippen LogP contribution is 2.49. The summed E-state index contributed by atoms with van der Waals surface area (Å²) in [6, 6.07) is 0.263. The number of carbonyl (C=O) groups excluding carboxylic acids is 2. The Morgan fingerprint density at radius 2 is 2.28 bits per heavy atom. The molecule has 0 spiro atoms. The molecule has 1 heterocycles. The van der Waals surface area contributed by atoms with Gasteiger partial charge >= 0.3 is 5.97 Å². The Morgan fingerprint density at radius 3 is 2.96 bits per heavy atom. The molecule has 138 valence electrons. The van der Waals surface area contributed by atoms with Crippen LogP contribution in [0.4, 0.5) is 0 Å². The van der Waals surface area contributed by atoms with Gasteiger partial charge in [-0.2, -0.15) is 0 Å². The van der Waals surface area contributed by atoms with Gasteiger partial charge in [0.2, 0.25) is 5.91 Å². The zero-order valence-electron chi connectivity index (χ0n) is 14.8. The van der Waals surface area contributed by atoms with Crippen molar-refractivity contribution in [2.45, 2.75) is 56.3 Å². The largest absolute Gasteiger partial charge is 0.466 e. The van der Waals surface area contributed by atoms with Crippen LogP contribution in [0.2, 0.25) is 0 Å². The Balaban J connectivity index is 1.40. The number of nitrogens with one attached hydrogen (secondary N) is 1. The van der Waals surface area contributed by atoms with Gasteiger partial charge in [0.05, 0.1) is 24.5 Å². The van der Waals surface area contributed by atoms with Crippen LogP contribution in [0.25, 0.3) is 0 Å². The molecule has 5 nitrogen and oxygen atoms in total. The van der Waals surface area contributed by atoms with Crippen LogP contribution in [0.15, 0.2) is 9.72 Å². The Labute approximate surface area is 157 Å². The Morgan fingerprint density at radius 1 is 1.44 bits per heavy atom. The predicted molar refractivity (Wildman–Crippen MR) is 99.7 cm³/mol. The van der Waals surface area contributed by atoms with Gasteiger partial charge in [-0.15, -0.1) is 11.3 Å². The van der Waals surface area contributed by atoms with Crippen molar-refractivity contribution in [1.29, 1.82) is 0 Å². The molecule has 0 aliphatic heterocycles. The van der Waals surface area contributed by atoms with Crippen LogP contribution in [-0.4, -0.2) is 35.3 Å². The zero-order valence-corrected chi connectivity index (χ0v) is 16.5. The number of nitrogens with zero attached hydrogens (tertiary/aromatic N) is 1. The molecule has 2 bridgehead atoms. The normalized spacial score (nSPS) is 25.8. The minimum Gasteiger partial charge on any atom is -0.466 e. The molecular weight excluding hydrogens is 356 g/mol. The van der Waals surface area contributed by atoms with E-state index in [1.54, 1.807) is 6.92 Å². The molecule has 7 heteroatoms. The topological polar surface area (TPSA) is 68.3 Å². The molecule has 1 aromatic rings. The second-order valence-electron chi connectivity index (χ2n) is 7.07. The number of hydrogen-bond donors (Lipinski definition) is 1. The maximum absolute atomic E-state index is 12.2. The number of amides is 1. The van der Waals surface area contributed by atoms with Crippen LogP contribution in [0.5, 0.6) is 0 Å². The van der Waals surface area contributed by atoms with Crippen LogP contribution in [0, 0.1) is 17.8 Å². The third-order valence-electron chi connectivity index (χ3n) is 5.31. The molecular formula is C18H26N2O3S2. The third-order valence-corrected chi connectivity index (χ3v) is 7.38. The molecule has 1 N–H and O–H groups in total. The molecule has 1 aromatic heterocycles. The van der Waals surface area contributed by atoms with Crippen molar-refractivity contribution in [1.82, 2.24) is 10.3 Å². The molecule has 0 radical (unpaired) electrons. The molecule has 2 aliphatic carbocycles. The highest BCUT2D eigenvalue weighted by Gasteiger charge is 2.42. The maximum atomic E-state index is 12.2. The Bertz CT molecular complexity index is 619. The van der Waals surface area contributed by atoms with Crippen molar-refractivity contribution in [3.8, 4) is 0 Å². The molecule has 0 unspecified atom stereocenters. The molecule has 0 saturated heterocycles. The maximum Gasteiger partial charge on any atom is 0.311 e. The molecule has 2 saturated carbocycles. The summed E-state index contributed by atoms with van der Waals surface area (Å²) in [6.45, 7) is 4.32. The van der Waals surface area contributed by atoms with E-state index in [0.29, 0.717) is 24.0 Å². The summed E-state index contributed by atoms with van der Waals surface area (Å²) in [6.07, 6.45) is 5.56. The standard InChI is InChI=1S/C18H26N2O3S2/c1-3-23-17(22)8-14-9-24-18(20-14)25-10-16(21)19-11(2)15-7-12-4-5-13(15)6-12/h9,11-13,15H,3-8,10H2,1-2H3,(H,19,21)/t11-,12+,13+,15+/m1/s1. The molecule has 2 aliphatic rings. The number of aromatic nitrogens is 1. The first-order valence-electron chi connectivity index (χ1n) is 9.07. The van der Waals surface area contributed by atoms with Gasteiger partial charge in [-0.3, -0.25) is 9.59 Å². The summed E-state index contributed by atoms with van der Waals surface area (Å²) in [4.78, 5) is 28.1. The lowest BCUT2D eigenvalue weighted by molar-refractivity contribution is -0.142. The van der Waals surface area contributed by atoms with Crippen LogP contribution in [0.3, 0.4) is 0 Å². The van der Waals surface area contributed by atoms with E-state index in [1.165, 1.54) is 48.8 Å². The summed E-state index contributed by atoms with van der Waals surface area (Å²) in [5.41, 5.74) is 0.710. The minimum absolute atomic E-state index is 0.0717. The van der Waals surface area contributed by atoms with Crippen LogP contribution < -0.4 is 5.32 Å². The van der Waals surface area contributed by atoms with Crippen molar-refractivity contribution in [3.05, 3.63) is 11.1 Å². The van der Waals surface area contributed by atoms with Gasteiger partial charge in [0.1, 0.15) is 0 Å². The molecule has 2 fully saturated rings. The first kappa shape index (κ1) is 18.7. The van der Waals surface area contributed by atoms with Crippen LogP contribution in [-0.2, 0) is 20.7 Å². The summed E-state index contributed by atoms with van der Waals surface area (Å²) in [7, 11) is 0. The van der Waals surface area contributed by atoms with E-state index >= 15 is 0 Å². The number of hydrogen-bond acceptors (Lipinski definition) is 6. The number of fused-ring (bicyclic) bond motifs is 2. The fourth-order valence-corrected chi connectivity index (χ4v) is 5.89. The van der Waals surface area contributed by atoms with Gasteiger partial charge in [-0.1, -0.05) is 18.2 Å². The first-order valence-corrected chi connectivity index (χ1v) is 10.9. The molecule has 0 aromatic carbocycles. The monoisotopic (exact) mass is 382 g/mol. The van der Waals surface area contributed by atoms with E-state index < -0.39 is 0 Å². The van der Waals surface area contributed by atoms with Gasteiger partial charge in [0, 0.05) is 11.4 Å². The third kappa shape index (κ3) is 4.97. The van der Waals surface area contributed by atoms with Gasteiger partial charge in [-0.05, 0) is 50.9 Å². The Kier molecular flexibility index (Phi) is 6.39. The number of ether oxygens (including phenoxy) is 1. The summed E-state index contributed by atoms with van der Waals surface area (Å²) in [5, 5.41) is 5.03. The number of rotatable bonds is 8. The SMILES string of the molecule is CCOC(=O)Cc1csc(SCC(=O)N[C@H](C)[C@@H]2C[C@H]3CC[C@H]2C3)n1. The van der Waals surface area contributed by atoms with E-state index in [-0.39, 0.29) is 24.3 Å². The first-order chi connectivity index (χ1) is 12.0. The average Bonchev–Trinajstić information content (AvgIpc) is 3.29. The Hall–Kier alpha value is -1.08.